The second kappa shape index (κ2) is 6.25. The van der Waals surface area contributed by atoms with E-state index < -0.39 is 0 Å². The fraction of sp³-hybridized carbons (Fsp3) is 0.455. The predicted molar refractivity (Wildman–Crippen MR) is 98.5 cm³/mol. The topological polar surface area (TPSA) is 23.5 Å². The third-order valence-corrected chi connectivity index (χ3v) is 6.36. The van der Waals surface area contributed by atoms with Gasteiger partial charge in [-0.15, -0.1) is 0 Å². The Morgan fingerprint density at radius 2 is 2.00 bits per heavy atom. The molecular weight excluding hydrogens is 294 g/mol. The highest BCUT2D eigenvalue weighted by atomic mass is 16.3. The van der Waals surface area contributed by atoms with Gasteiger partial charge in [-0.25, -0.2) is 0 Å². The summed E-state index contributed by atoms with van der Waals surface area (Å²) in [6, 6.07) is 16.8. The van der Waals surface area contributed by atoms with Crippen LogP contribution in [0.2, 0.25) is 0 Å². The van der Waals surface area contributed by atoms with Gasteiger partial charge in [-0.1, -0.05) is 43.3 Å². The van der Waals surface area contributed by atoms with Crippen LogP contribution in [0.15, 0.2) is 48.5 Å². The van der Waals surface area contributed by atoms with E-state index in [1.54, 1.807) is 0 Å². The molecule has 0 amide bonds. The second-order valence-electron chi connectivity index (χ2n) is 7.78. The summed E-state index contributed by atoms with van der Waals surface area (Å²) in [5, 5.41) is 9.94. The summed E-state index contributed by atoms with van der Waals surface area (Å²) in [6.45, 7) is 5.93. The van der Waals surface area contributed by atoms with Gasteiger partial charge >= 0.3 is 0 Å². The first-order valence-corrected chi connectivity index (χ1v) is 9.24. The zero-order chi connectivity index (χ0) is 16.6. The van der Waals surface area contributed by atoms with Gasteiger partial charge in [0.15, 0.2) is 0 Å². The van der Waals surface area contributed by atoms with Crippen molar-refractivity contribution in [2.24, 2.45) is 5.92 Å². The minimum atomic E-state index is 0.232. The standard InChI is InChI=1S/C22H27NO/c1-22-12-14-23(13-11-17-5-3-2-4-6-17)16-19(22)9-7-18-8-10-20(24)15-21(18)22/h2-6,8,10,15,19,24H,7,9,11-14,16H2,1H3/t19-,22+/m1/s1. The molecular formula is C22H27NO. The van der Waals surface area contributed by atoms with Crippen molar-refractivity contribution in [3.63, 3.8) is 0 Å². The number of phenolic OH excluding ortho intramolecular Hbond substituents is 1. The number of rotatable bonds is 3. The van der Waals surface area contributed by atoms with E-state index in [1.807, 2.05) is 12.1 Å². The first kappa shape index (κ1) is 15.7. The number of nitrogens with zero attached hydrogens (tertiary/aromatic N) is 1. The summed E-state index contributed by atoms with van der Waals surface area (Å²) < 4.78 is 0. The number of fused-ring (bicyclic) bond motifs is 3. The smallest absolute Gasteiger partial charge is 0.115 e. The molecule has 1 N–H and O–H groups in total. The Bertz CT molecular complexity index is 711. The van der Waals surface area contributed by atoms with Crippen LogP contribution in [-0.4, -0.2) is 29.6 Å². The number of likely N-dealkylation sites (tertiary alicyclic amines) is 1. The van der Waals surface area contributed by atoms with Crippen molar-refractivity contribution in [2.45, 2.75) is 38.0 Å². The lowest BCUT2D eigenvalue weighted by molar-refractivity contribution is 0.0880. The Balaban J connectivity index is 1.47. The maximum absolute atomic E-state index is 9.94. The zero-order valence-electron chi connectivity index (χ0n) is 14.5. The van der Waals surface area contributed by atoms with Crippen molar-refractivity contribution in [2.75, 3.05) is 19.6 Å². The van der Waals surface area contributed by atoms with Crippen molar-refractivity contribution < 1.29 is 5.11 Å². The molecule has 0 spiro atoms. The Hall–Kier alpha value is -1.80. The lowest BCUT2D eigenvalue weighted by atomic mass is 9.61. The Morgan fingerprint density at radius 1 is 1.17 bits per heavy atom. The van der Waals surface area contributed by atoms with Crippen molar-refractivity contribution >= 4 is 0 Å². The highest BCUT2D eigenvalue weighted by Crippen LogP contribution is 2.47. The van der Waals surface area contributed by atoms with E-state index in [9.17, 15) is 5.11 Å². The van der Waals surface area contributed by atoms with Gasteiger partial charge in [-0.05, 0) is 72.4 Å². The monoisotopic (exact) mass is 321 g/mol. The van der Waals surface area contributed by atoms with Crippen molar-refractivity contribution in [1.82, 2.24) is 4.90 Å². The number of hydrogen-bond donors (Lipinski definition) is 1. The van der Waals surface area contributed by atoms with Gasteiger partial charge in [-0.2, -0.15) is 0 Å². The molecule has 2 atom stereocenters. The summed E-state index contributed by atoms with van der Waals surface area (Å²) in [5.74, 6) is 1.12. The molecule has 2 nitrogen and oxygen atoms in total. The SMILES string of the molecule is C[C@]12CCN(CCc3ccccc3)C[C@H]1CCc1ccc(O)cc12. The van der Waals surface area contributed by atoms with Gasteiger partial charge in [0.2, 0.25) is 0 Å². The molecule has 0 bridgehead atoms. The van der Waals surface area contributed by atoms with Gasteiger partial charge in [0.1, 0.15) is 5.75 Å². The number of piperidine rings is 1. The third kappa shape index (κ3) is 2.84. The van der Waals surface area contributed by atoms with Crippen LogP contribution in [-0.2, 0) is 18.3 Å². The second-order valence-corrected chi connectivity index (χ2v) is 7.78. The van der Waals surface area contributed by atoms with Crippen LogP contribution in [0.4, 0.5) is 0 Å². The summed E-state index contributed by atoms with van der Waals surface area (Å²) in [5.41, 5.74) is 4.52. The van der Waals surface area contributed by atoms with E-state index in [0.717, 1.165) is 25.9 Å². The molecule has 0 aromatic heterocycles. The number of aromatic hydroxyl groups is 1. The average molecular weight is 321 g/mol. The predicted octanol–water partition coefficient (Wildman–Crippen LogP) is 4.16. The molecule has 2 heteroatoms. The number of aryl methyl sites for hydroxylation is 1. The molecule has 0 saturated carbocycles. The van der Waals surface area contributed by atoms with E-state index in [-0.39, 0.29) is 5.41 Å². The molecule has 1 heterocycles. The molecule has 1 saturated heterocycles. The van der Waals surface area contributed by atoms with Gasteiger partial charge in [0, 0.05) is 13.1 Å². The van der Waals surface area contributed by atoms with Gasteiger partial charge in [-0.3, -0.25) is 0 Å². The van der Waals surface area contributed by atoms with Crippen LogP contribution >= 0.6 is 0 Å². The summed E-state index contributed by atoms with van der Waals surface area (Å²) in [7, 11) is 0. The fourth-order valence-corrected chi connectivity index (χ4v) is 4.74. The van der Waals surface area contributed by atoms with E-state index in [2.05, 4.69) is 48.2 Å². The summed E-state index contributed by atoms with van der Waals surface area (Å²) in [6.07, 6.45) is 4.77. The van der Waals surface area contributed by atoms with Crippen molar-refractivity contribution in [3.05, 3.63) is 65.2 Å². The van der Waals surface area contributed by atoms with Gasteiger partial charge < -0.3 is 10.0 Å². The third-order valence-electron chi connectivity index (χ3n) is 6.36. The largest absolute Gasteiger partial charge is 0.508 e. The van der Waals surface area contributed by atoms with E-state index >= 15 is 0 Å². The molecule has 2 aromatic carbocycles. The quantitative estimate of drug-likeness (QED) is 0.917. The first-order valence-electron chi connectivity index (χ1n) is 9.24. The lowest BCUT2D eigenvalue weighted by Gasteiger charge is -2.50. The average Bonchev–Trinajstić information content (AvgIpc) is 2.61. The Morgan fingerprint density at radius 3 is 2.83 bits per heavy atom. The number of phenols is 1. The molecule has 4 rings (SSSR count). The zero-order valence-corrected chi connectivity index (χ0v) is 14.5. The fourth-order valence-electron chi connectivity index (χ4n) is 4.74. The van der Waals surface area contributed by atoms with Crippen LogP contribution in [0.5, 0.6) is 5.75 Å². The van der Waals surface area contributed by atoms with Crippen molar-refractivity contribution in [3.8, 4) is 5.75 Å². The molecule has 2 aromatic rings. The molecule has 2 aliphatic rings. The Kier molecular flexibility index (Phi) is 4.09. The van der Waals surface area contributed by atoms with E-state index in [1.165, 1.54) is 36.1 Å². The van der Waals surface area contributed by atoms with Gasteiger partial charge in [0.25, 0.3) is 0 Å². The molecule has 1 aliphatic carbocycles. The van der Waals surface area contributed by atoms with Gasteiger partial charge in [0.05, 0.1) is 0 Å². The maximum Gasteiger partial charge on any atom is 0.115 e. The summed E-state index contributed by atoms with van der Waals surface area (Å²) >= 11 is 0. The number of benzene rings is 2. The van der Waals surface area contributed by atoms with Crippen LogP contribution in [0, 0.1) is 5.92 Å². The molecule has 0 unspecified atom stereocenters. The minimum Gasteiger partial charge on any atom is -0.508 e. The highest BCUT2D eigenvalue weighted by Gasteiger charge is 2.43. The molecule has 0 radical (unpaired) electrons. The molecule has 126 valence electrons. The van der Waals surface area contributed by atoms with E-state index in [0.29, 0.717) is 11.7 Å². The first-order chi connectivity index (χ1) is 11.6. The highest BCUT2D eigenvalue weighted by molar-refractivity contribution is 5.42. The van der Waals surface area contributed by atoms with Crippen LogP contribution in [0.1, 0.15) is 36.5 Å². The number of hydrogen-bond acceptors (Lipinski definition) is 2. The molecule has 24 heavy (non-hydrogen) atoms. The molecule has 1 aliphatic heterocycles. The minimum absolute atomic E-state index is 0.232. The van der Waals surface area contributed by atoms with Crippen LogP contribution in [0.25, 0.3) is 0 Å². The normalized spacial score (nSPS) is 26.6. The van der Waals surface area contributed by atoms with Crippen LogP contribution < -0.4 is 0 Å². The maximum atomic E-state index is 9.94. The van der Waals surface area contributed by atoms with E-state index in [4.69, 9.17) is 0 Å². The molecule has 1 fully saturated rings. The summed E-state index contributed by atoms with van der Waals surface area (Å²) in [4.78, 5) is 2.65. The lowest BCUT2D eigenvalue weighted by Crippen LogP contribution is -2.50. The Labute approximate surface area is 145 Å². The van der Waals surface area contributed by atoms with Crippen LogP contribution in [0.3, 0.4) is 0 Å². The van der Waals surface area contributed by atoms with Crippen molar-refractivity contribution in [1.29, 1.82) is 0 Å².